The van der Waals surface area contributed by atoms with Gasteiger partial charge in [0.05, 0.1) is 24.1 Å². The molecular weight excluding hydrogens is 316 g/mol. The van der Waals surface area contributed by atoms with E-state index < -0.39 is 5.97 Å². The van der Waals surface area contributed by atoms with Gasteiger partial charge in [-0.15, -0.1) is 0 Å². The highest BCUT2D eigenvalue weighted by Crippen LogP contribution is 2.36. The molecule has 0 bridgehead atoms. The molecule has 1 atom stereocenters. The van der Waals surface area contributed by atoms with Crippen molar-refractivity contribution in [3.05, 3.63) is 52.8 Å². The van der Waals surface area contributed by atoms with E-state index in [1.165, 1.54) is 23.4 Å². The average Bonchev–Trinajstić information content (AvgIpc) is 2.64. The van der Waals surface area contributed by atoms with Crippen LogP contribution in [0.15, 0.2) is 30.5 Å². The normalized spacial score (nSPS) is 16.3. The fourth-order valence-corrected chi connectivity index (χ4v) is 3.55. The van der Waals surface area contributed by atoms with Crippen molar-refractivity contribution in [3.63, 3.8) is 0 Å². The van der Waals surface area contributed by atoms with Crippen molar-refractivity contribution >= 4 is 5.97 Å². The second-order valence-corrected chi connectivity index (χ2v) is 6.53. The lowest BCUT2D eigenvalue weighted by molar-refractivity contribution is 0.0694. The Labute approximate surface area is 148 Å². The standard InChI is InChI=1S/C20H24N2O3/c1-2-12-25-16-7-8-17-14(4-3-5-15(17)13-16)6-9-19-18(20(23)24)10-11-21-22-19/h7-8,10-11,13-14H,2-6,9,12H2,1H3,(H,23,24). The molecule has 1 aliphatic rings. The lowest BCUT2D eigenvalue weighted by Crippen LogP contribution is -2.13. The summed E-state index contributed by atoms with van der Waals surface area (Å²) in [6.07, 6.45) is 7.33. The summed E-state index contributed by atoms with van der Waals surface area (Å²) < 4.78 is 5.74. The van der Waals surface area contributed by atoms with Gasteiger partial charge in [-0.2, -0.15) is 10.2 Å². The van der Waals surface area contributed by atoms with Crippen molar-refractivity contribution in [1.82, 2.24) is 10.2 Å². The summed E-state index contributed by atoms with van der Waals surface area (Å²) in [7, 11) is 0. The van der Waals surface area contributed by atoms with E-state index in [1.807, 2.05) is 0 Å². The lowest BCUT2D eigenvalue weighted by atomic mass is 9.80. The Balaban J connectivity index is 1.72. The molecule has 5 heteroatoms. The van der Waals surface area contributed by atoms with Crippen LogP contribution in [-0.2, 0) is 12.8 Å². The molecule has 1 aromatic heterocycles. The maximum Gasteiger partial charge on any atom is 0.337 e. The van der Waals surface area contributed by atoms with Crippen molar-refractivity contribution < 1.29 is 14.6 Å². The van der Waals surface area contributed by atoms with Crippen molar-refractivity contribution in [2.24, 2.45) is 0 Å². The Bertz CT molecular complexity index is 745. The Morgan fingerprint density at radius 3 is 3.04 bits per heavy atom. The second-order valence-electron chi connectivity index (χ2n) is 6.53. The summed E-state index contributed by atoms with van der Waals surface area (Å²) in [4.78, 5) is 11.3. The molecule has 0 saturated heterocycles. The lowest BCUT2D eigenvalue weighted by Gasteiger charge is -2.26. The summed E-state index contributed by atoms with van der Waals surface area (Å²) in [6, 6.07) is 7.93. The van der Waals surface area contributed by atoms with E-state index in [4.69, 9.17) is 4.74 Å². The van der Waals surface area contributed by atoms with Crippen LogP contribution in [0.5, 0.6) is 5.75 Å². The van der Waals surface area contributed by atoms with Gasteiger partial charge < -0.3 is 9.84 Å². The average molecular weight is 340 g/mol. The van der Waals surface area contributed by atoms with Crippen LogP contribution in [0.3, 0.4) is 0 Å². The first-order valence-corrected chi connectivity index (χ1v) is 8.98. The van der Waals surface area contributed by atoms with Gasteiger partial charge in [0, 0.05) is 0 Å². The number of carboxylic acid groups (broad SMARTS) is 1. The van der Waals surface area contributed by atoms with Crippen molar-refractivity contribution in [3.8, 4) is 5.75 Å². The molecule has 1 aliphatic carbocycles. The third kappa shape index (κ3) is 4.16. The van der Waals surface area contributed by atoms with E-state index in [9.17, 15) is 9.90 Å². The zero-order chi connectivity index (χ0) is 17.6. The van der Waals surface area contributed by atoms with Crippen LogP contribution in [0, 0.1) is 0 Å². The quantitative estimate of drug-likeness (QED) is 0.824. The first-order chi connectivity index (χ1) is 12.2. The molecule has 1 N–H and O–H groups in total. The van der Waals surface area contributed by atoms with Crippen LogP contribution in [-0.4, -0.2) is 27.9 Å². The van der Waals surface area contributed by atoms with E-state index in [0.717, 1.165) is 44.5 Å². The van der Waals surface area contributed by atoms with Gasteiger partial charge >= 0.3 is 5.97 Å². The molecule has 0 amide bonds. The van der Waals surface area contributed by atoms with E-state index in [2.05, 4.69) is 35.3 Å². The zero-order valence-corrected chi connectivity index (χ0v) is 14.6. The number of fused-ring (bicyclic) bond motifs is 1. The molecule has 0 aliphatic heterocycles. The highest BCUT2D eigenvalue weighted by atomic mass is 16.5. The molecule has 1 aromatic carbocycles. The Morgan fingerprint density at radius 1 is 1.36 bits per heavy atom. The maximum atomic E-state index is 11.3. The summed E-state index contributed by atoms with van der Waals surface area (Å²) >= 11 is 0. The van der Waals surface area contributed by atoms with Gasteiger partial charge in [-0.3, -0.25) is 0 Å². The molecule has 1 unspecified atom stereocenters. The highest BCUT2D eigenvalue weighted by Gasteiger charge is 2.22. The molecule has 1 heterocycles. The van der Waals surface area contributed by atoms with Crippen LogP contribution < -0.4 is 4.74 Å². The predicted octanol–water partition coefficient (Wildman–Crippen LogP) is 4.02. The first-order valence-electron chi connectivity index (χ1n) is 8.98. The smallest absolute Gasteiger partial charge is 0.337 e. The summed E-state index contributed by atoms with van der Waals surface area (Å²) in [5.41, 5.74) is 3.57. The molecule has 5 nitrogen and oxygen atoms in total. The number of nitrogens with zero attached hydrogens (tertiary/aromatic N) is 2. The van der Waals surface area contributed by atoms with E-state index in [-0.39, 0.29) is 5.56 Å². The number of benzene rings is 1. The van der Waals surface area contributed by atoms with Crippen molar-refractivity contribution in [2.75, 3.05) is 6.61 Å². The number of aryl methyl sites for hydroxylation is 2. The number of carboxylic acids is 1. The van der Waals surface area contributed by atoms with E-state index >= 15 is 0 Å². The number of aromatic nitrogens is 2. The van der Waals surface area contributed by atoms with Crippen molar-refractivity contribution in [2.45, 2.75) is 51.4 Å². The number of hydrogen-bond acceptors (Lipinski definition) is 4. The molecule has 0 fully saturated rings. The number of rotatable bonds is 7. The minimum atomic E-state index is -0.938. The van der Waals surface area contributed by atoms with Gasteiger partial charge in [0.25, 0.3) is 0 Å². The van der Waals surface area contributed by atoms with E-state index in [0.29, 0.717) is 18.0 Å². The summed E-state index contributed by atoms with van der Waals surface area (Å²) in [6.45, 7) is 2.85. The second kappa shape index (κ2) is 8.10. The largest absolute Gasteiger partial charge is 0.494 e. The molecular formula is C20H24N2O3. The van der Waals surface area contributed by atoms with Crippen LogP contribution >= 0.6 is 0 Å². The zero-order valence-electron chi connectivity index (χ0n) is 14.6. The fourth-order valence-electron chi connectivity index (χ4n) is 3.55. The fraction of sp³-hybridized carbons (Fsp3) is 0.450. The van der Waals surface area contributed by atoms with Crippen molar-refractivity contribution in [1.29, 1.82) is 0 Å². The molecule has 25 heavy (non-hydrogen) atoms. The minimum Gasteiger partial charge on any atom is -0.494 e. The van der Waals surface area contributed by atoms with Crippen LogP contribution in [0.25, 0.3) is 0 Å². The van der Waals surface area contributed by atoms with Gasteiger partial charge in [-0.1, -0.05) is 13.0 Å². The molecule has 3 rings (SSSR count). The number of aromatic carboxylic acids is 1. The van der Waals surface area contributed by atoms with Gasteiger partial charge in [-0.25, -0.2) is 4.79 Å². The first kappa shape index (κ1) is 17.4. The molecule has 0 saturated carbocycles. The maximum absolute atomic E-state index is 11.3. The molecule has 132 valence electrons. The molecule has 2 aromatic rings. The van der Waals surface area contributed by atoms with Crippen LogP contribution in [0.4, 0.5) is 0 Å². The summed E-state index contributed by atoms with van der Waals surface area (Å²) in [5.74, 6) is 0.447. The number of carbonyl (C=O) groups is 1. The monoisotopic (exact) mass is 340 g/mol. The minimum absolute atomic E-state index is 0.259. The summed E-state index contributed by atoms with van der Waals surface area (Å²) in [5, 5.41) is 17.2. The topological polar surface area (TPSA) is 72.3 Å². The molecule has 0 radical (unpaired) electrons. The SMILES string of the molecule is CCCOc1ccc2c(c1)CCCC2CCc1nnccc1C(=O)O. The van der Waals surface area contributed by atoms with Gasteiger partial charge in [0.2, 0.25) is 0 Å². The third-order valence-electron chi connectivity index (χ3n) is 4.78. The number of ether oxygens (including phenoxy) is 1. The Hall–Kier alpha value is -2.43. The third-order valence-corrected chi connectivity index (χ3v) is 4.78. The van der Waals surface area contributed by atoms with Gasteiger partial charge in [0.15, 0.2) is 0 Å². The van der Waals surface area contributed by atoms with Gasteiger partial charge in [-0.05, 0) is 73.8 Å². The number of hydrogen-bond donors (Lipinski definition) is 1. The highest BCUT2D eigenvalue weighted by molar-refractivity contribution is 5.88. The van der Waals surface area contributed by atoms with Gasteiger partial charge in [0.1, 0.15) is 5.75 Å². The Morgan fingerprint density at radius 2 is 2.24 bits per heavy atom. The van der Waals surface area contributed by atoms with E-state index in [1.54, 1.807) is 0 Å². The van der Waals surface area contributed by atoms with Crippen LogP contribution in [0.2, 0.25) is 0 Å². The van der Waals surface area contributed by atoms with Crippen LogP contribution in [0.1, 0.15) is 65.7 Å². The Kier molecular flexibility index (Phi) is 5.64. The predicted molar refractivity (Wildman–Crippen MR) is 95.2 cm³/mol. The molecule has 0 spiro atoms.